The molecule has 0 spiro atoms. The molecule has 2 aromatic heterocycles. The molecule has 2 rings (SSSR count). The van der Waals surface area contributed by atoms with Crippen LogP contribution in [0.1, 0.15) is 21.0 Å². The summed E-state index contributed by atoms with van der Waals surface area (Å²) in [7, 11) is 1.71. The largest absolute Gasteiger partial charge is 0.476 e. The van der Waals surface area contributed by atoms with Gasteiger partial charge in [-0.3, -0.25) is 4.79 Å². The van der Waals surface area contributed by atoms with E-state index in [9.17, 15) is 9.59 Å². The van der Waals surface area contributed by atoms with Crippen LogP contribution < -0.4 is 5.32 Å². The van der Waals surface area contributed by atoms with E-state index in [1.54, 1.807) is 29.9 Å². The Balaban J connectivity index is 2.28. The molecule has 0 fully saturated rings. The van der Waals surface area contributed by atoms with Crippen LogP contribution in [0.3, 0.4) is 0 Å². The van der Waals surface area contributed by atoms with Gasteiger partial charge in [0.05, 0.1) is 0 Å². The fraction of sp³-hybridized carbons (Fsp3) is 0.0909. The van der Waals surface area contributed by atoms with Crippen LogP contribution in [0.25, 0.3) is 0 Å². The molecule has 0 radical (unpaired) electrons. The van der Waals surface area contributed by atoms with Crippen molar-refractivity contribution in [2.24, 2.45) is 7.05 Å². The fourth-order valence-corrected chi connectivity index (χ4v) is 1.45. The minimum absolute atomic E-state index is 0.0730. The third-order valence-electron chi connectivity index (χ3n) is 2.31. The smallest absolute Gasteiger partial charge is 0.358 e. The number of anilines is 1. The van der Waals surface area contributed by atoms with Gasteiger partial charge in [-0.1, -0.05) is 0 Å². The Hall–Kier alpha value is -2.70. The minimum atomic E-state index is -1.25. The van der Waals surface area contributed by atoms with E-state index in [1.165, 1.54) is 12.4 Å². The summed E-state index contributed by atoms with van der Waals surface area (Å²) in [5.41, 5.74) is 0.108. The molecule has 0 aliphatic carbocycles. The number of hydrogen-bond donors (Lipinski definition) is 2. The van der Waals surface area contributed by atoms with Crippen LogP contribution in [0, 0.1) is 0 Å². The maximum absolute atomic E-state index is 11.9. The van der Waals surface area contributed by atoms with E-state index in [2.05, 4.69) is 15.3 Å². The van der Waals surface area contributed by atoms with Gasteiger partial charge < -0.3 is 15.0 Å². The maximum atomic E-state index is 11.9. The number of rotatable bonds is 3. The Labute approximate surface area is 102 Å². The lowest BCUT2D eigenvalue weighted by atomic mass is 10.3. The molecule has 2 N–H and O–H groups in total. The molecule has 7 nitrogen and oxygen atoms in total. The Morgan fingerprint density at radius 2 is 2.06 bits per heavy atom. The van der Waals surface area contributed by atoms with Gasteiger partial charge in [-0.05, 0) is 12.1 Å². The van der Waals surface area contributed by atoms with Crippen molar-refractivity contribution in [2.75, 3.05) is 5.32 Å². The summed E-state index contributed by atoms with van der Waals surface area (Å²) in [5, 5.41) is 11.3. The molecule has 1 amide bonds. The van der Waals surface area contributed by atoms with E-state index in [4.69, 9.17) is 5.11 Å². The predicted molar refractivity (Wildman–Crippen MR) is 62.4 cm³/mol. The van der Waals surface area contributed by atoms with Crippen molar-refractivity contribution in [3.8, 4) is 0 Å². The van der Waals surface area contributed by atoms with E-state index < -0.39 is 11.9 Å². The van der Waals surface area contributed by atoms with Crippen LogP contribution in [0.2, 0.25) is 0 Å². The fourth-order valence-electron chi connectivity index (χ4n) is 1.45. The highest BCUT2D eigenvalue weighted by molar-refractivity contribution is 6.05. The molecular weight excluding hydrogens is 236 g/mol. The van der Waals surface area contributed by atoms with E-state index in [1.807, 2.05) is 0 Å². The van der Waals surface area contributed by atoms with Gasteiger partial charge in [0.1, 0.15) is 5.69 Å². The standard InChI is InChI=1S/C11H10N4O3/c1-15-6-2-3-7(15)10(16)14-9-8(11(17)18)12-4-5-13-9/h2-6H,1H3,(H,17,18)(H,13,14,16). The van der Waals surface area contributed by atoms with Crippen LogP contribution in [0.15, 0.2) is 30.7 Å². The van der Waals surface area contributed by atoms with Crippen LogP contribution in [0.4, 0.5) is 5.82 Å². The average Bonchev–Trinajstić information content (AvgIpc) is 2.76. The second kappa shape index (κ2) is 4.66. The number of carboxylic acids is 1. The molecule has 0 atom stereocenters. The molecule has 18 heavy (non-hydrogen) atoms. The number of carboxylic acid groups (broad SMARTS) is 1. The molecule has 2 heterocycles. The SMILES string of the molecule is Cn1cccc1C(=O)Nc1nccnc1C(=O)O. The Bertz CT molecular complexity index is 606. The number of aromatic nitrogens is 3. The third kappa shape index (κ3) is 2.19. The number of hydrogen-bond acceptors (Lipinski definition) is 4. The van der Waals surface area contributed by atoms with Gasteiger partial charge in [0.15, 0.2) is 11.5 Å². The summed E-state index contributed by atoms with van der Waals surface area (Å²) in [6, 6.07) is 3.33. The average molecular weight is 246 g/mol. The van der Waals surface area contributed by atoms with Gasteiger partial charge in [-0.2, -0.15) is 0 Å². The van der Waals surface area contributed by atoms with Crippen molar-refractivity contribution < 1.29 is 14.7 Å². The first-order chi connectivity index (χ1) is 8.59. The lowest BCUT2D eigenvalue weighted by Gasteiger charge is -2.06. The first kappa shape index (κ1) is 11.8. The van der Waals surface area contributed by atoms with Gasteiger partial charge in [0.2, 0.25) is 0 Å². The van der Waals surface area contributed by atoms with Gasteiger partial charge in [0, 0.05) is 25.6 Å². The summed E-state index contributed by atoms with van der Waals surface area (Å²) >= 11 is 0. The second-order valence-corrected chi connectivity index (χ2v) is 3.52. The molecular formula is C11H10N4O3. The summed E-state index contributed by atoms with van der Waals surface area (Å²) in [6.45, 7) is 0. The molecule has 0 aliphatic rings. The highest BCUT2D eigenvalue weighted by Crippen LogP contribution is 2.10. The van der Waals surface area contributed by atoms with Gasteiger partial charge in [-0.15, -0.1) is 0 Å². The van der Waals surface area contributed by atoms with Crippen molar-refractivity contribution in [3.05, 3.63) is 42.1 Å². The van der Waals surface area contributed by atoms with Crippen molar-refractivity contribution in [2.45, 2.75) is 0 Å². The van der Waals surface area contributed by atoms with Crippen molar-refractivity contribution in [1.82, 2.24) is 14.5 Å². The summed E-state index contributed by atoms with van der Waals surface area (Å²) < 4.78 is 1.62. The molecule has 0 saturated carbocycles. The Morgan fingerprint density at radius 1 is 1.33 bits per heavy atom. The first-order valence-electron chi connectivity index (χ1n) is 5.06. The molecule has 0 saturated heterocycles. The minimum Gasteiger partial charge on any atom is -0.476 e. The number of aryl methyl sites for hydroxylation is 1. The third-order valence-corrected chi connectivity index (χ3v) is 2.31. The lowest BCUT2D eigenvalue weighted by molar-refractivity contribution is 0.0691. The molecule has 0 unspecified atom stereocenters. The van der Waals surface area contributed by atoms with Crippen LogP contribution >= 0.6 is 0 Å². The number of carbonyl (C=O) groups excluding carboxylic acids is 1. The van der Waals surface area contributed by atoms with Crippen molar-refractivity contribution in [3.63, 3.8) is 0 Å². The number of nitrogens with one attached hydrogen (secondary N) is 1. The van der Waals surface area contributed by atoms with Gasteiger partial charge in [0.25, 0.3) is 5.91 Å². The molecule has 0 aliphatic heterocycles. The van der Waals surface area contributed by atoms with Gasteiger partial charge in [-0.25, -0.2) is 14.8 Å². The van der Waals surface area contributed by atoms with E-state index in [0.717, 1.165) is 0 Å². The Kier molecular flexibility index (Phi) is 3.05. The van der Waals surface area contributed by atoms with E-state index in [-0.39, 0.29) is 11.5 Å². The van der Waals surface area contributed by atoms with Crippen molar-refractivity contribution >= 4 is 17.7 Å². The lowest BCUT2D eigenvalue weighted by Crippen LogP contribution is -2.19. The zero-order valence-electron chi connectivity index (χ0n) is 9.49. The zero-order valence-corrected chi connectivity index (χ0v) is 9.49. The maximum Gasteiger partial charge on any atom is 0.358 e. The highest BCUT2D eigenvalue weighted by atomic mass is 16.4. The first-order valence-corrected chi connectivity index (χ1v) is 5.06. The number of amides is 1. The van der Waals surface area contributed by atoms with Crippen LogP contribution in [-0.4, -0.2) is 31.5 Å². The van der Waals surface area contributed by atoms with E-state index in [0.29, 0.717) is 5.69 Å². The zero-order chi connectivity index (χ0) is 13.1. The molecule has 7 heteroatoms. The monoisotopic (exact) mass is 246 g/mol. The quantitative estimate of drug-likeness (QED) is 0.833. The number of aromatic carboxylic acids is 1. The van der Waals surface area contributed by atoms with Gasteiger partial charge >= 0.3 is 5.97 Å². The second-order valence-electron chi connectivity index (χ2n) is 3.52. The van der Waals surface area contributed by atoms with E-state index >= 15 is 0 Å². The number of nitrogens with zero attached hydrogens (tertiary/aromatic N) is 3. The highest BCUT2D eigenvalue weighted by Gasteiger charge is 2.16. The summed E-state index contributed by atoms with van der Waals surface area (Å²) in [6.07, 6.45) is 4.28. The summed E-state index contributed by atoms with van der Waals surface area (Å²) in [4.78, 5) is 30.2. The Morgan fingerprint density at radius 3 is 2.67 bits per heavy atom. The molecule has 0 aromatic carbocycles. The predicted octanol–water partition coefficient (Wildman–Crippen LogP) is 0.766. The normalized spacial score (nSPS) is 10.1. The number of carbonyl (C=O) groups is 2. The molecule has 0 bridgehead atoms. The van der Waals surface area contributed by atoms with Crippen LogP contribution in [0.5, 0.6) is 0 Å². The summed E-state index contributed by atoms with van der Waals surface area (Å²) in [5.74, 6) is -1.76. The van der Waals surface area contributed by atoms with Crippen LogP contribution in [-0.2, 0) is 7.05 Å². The molecule has 92 valence electrons. The molecule has 2 aromatic rings. The van der Waals surface area contributed by atoms with Crippen molar-refractivity contribution in [1.29, 1.82) is 0 Å². The topological polar surface area (TPSA) is 97.1 Å².